The highest BCUT2D eigenvalue weighted by Gasteiger charge is 2.39. The van der Waals surface area contributed by atoms with Gasteiger partial charge in [0.05, 0.1) is 33.0 Å². The molecule has 0 aliphatic carbocycles. The zero-order valence-corrected chi connectivity index (χ0v) is 16.8. The third kappa shape index (κ3) is 6.34. The average molecular weight is 378 g/mol. The van der Waals surface area contributed by atoms with Gasteiger partial charge < -0.3 is 23.7 Å². The molecule has 3 atom stereocenters. The van der Waals surface area contributed by atoms with E-state index in [1.165, 1.54) is 13.2 Å². The van der Waals surface area contributed by atoms with E-state index in [9.17, 15) is 4.79 Å². The van der Waals surface area contributed by atoms with E-state index >= 15 is 0 Å². The molecule has 0 aromatic heterocycles. The van der Waals surface area contributed by atoms with Gasteiger partial charge in [-0.3, -0.25) is 0 Å². The summed E-state index contributed by atoms with van der Waals surface area (Å²) in [5.41, 5.74) is 1.01. The summed E-state index contributed by atoms with van der Waals surface area (Å²) in [6.07, 6.45) is 3.60. The third-order valence-electron chi connectivity index (χ3n) is 4.58. The molecule has 0 unspecified atom stereocenters. The number of rotatable bonds is 8. The summed E-state index contributed by atoms with van der Waals surface area (Å²) in [6, 6.07) is 7.81. The molecule has 27 heavy (non-hydrogen) atoms. The Hall–Kier alpha value is -1.89. The average Bonchev–Trinajstić information content (AvgIpc) is 2.66. The Labute approximate surface area is 161 Å². The number of hydrogen-bond acceptors (Lipinski definition) is 6. The maximum absolute atomic E-state index is 11.4. The molecule has 0 amide bonds. The fourth-order valence-corrected chi connectivity index (χ4v) is 3.13. The normalized spacial score (nSPS) is 24.7. The molecule has 150 valence electrons. The van der Waals surface area contributed by atoms with Gasteiger partial charge in [0.15, 0.2) is 5.79 Å². The molecule has 2 rings (SSSR count). The van der Waals surface area contributed by atoms with E-state index in [0.717, 1.165) is 17.7 Å². The summed E-state index contributed by atoms with van der Waals surface area (Å²) in [7, 11) is 3.01. The van der Waals surface area contributed by atoms with Gasteiger partial charge in [0.25, 0.3) is 0 Å². The summed E-state index contributed by atoms with van der Waals surface area (Å²) in [5.74, 6) is -0.229. The zero-order chi connectivity index (χ0) is 19.9. The first kappa shape index (κ1) is 21.4. The van der Waals surface area contributed by atoms with Gasteiger partial charge in [0.2, 0.25) is 0 Å². The number of methoxy groups -OCH3 is 2. The highest BCUT2D eigenvalue weighted by molar-refractivity contribution is 5.81. The SMILES string of the molecule is COC(=O)/C=C/[C@@H]1OC(C)(C)O[C@H](CCOCc2ccccc2OC)[C@@H]1C. The van der Waals surface area contributed by atoms with Crippen molar-refractivity contribution in [2.75, 3.05) is 20.8 Å². The van der Waals surface area contributed by atoms with E-state index in [-0.39, 0.29) is 18.1 Å². The van der Waals surface area contributed by atoms with Crippen LogP contribution in [0.5, 0.6) is 5.75 Å². The first-order valence-electron chi connectivity index (χ1n) is 9.17. The molecular weight excluding hydrogens is 348 g/mol. The first-order valence-corrected chi connectivity index (χ1v) is 9.17. The lowest BCUT2D eigenvalue weighted by Gasteiger charge is -2.44. The summed E-state index contributed by atoms with van der Waals surface area (Å²) < 4.78 is 27.8. The van der Waals surface area contributed by atoms with E-state index in [2.05, 4.69) is 4.74 Å². The van der Waals surface area contributed by atoms with Crippen molar-refractivity contribution in [2.45, 2.75) is 51.8 Å². The molecular formula is C21H30O6. The van der Waals surface area contributed by atoms with Crippen LogP contribution in [0.1, 0.15) is 32.8 Å². The van der Waals surface area contributed by atoms with Crippen molar-refractivity contribution < 1.29 is 28.5 Å². The van der Waals surface area contributed by atoms with E-state index in [0.29, 0.717) is 13.2 Å². The number of esters is 1. The Balaban J connectivity index is 1.90. The number of hydrogen-bond donors (Lipinski definition) is 0. The quantitative estimate of drug-likeness (QED) is 0.392. The number of benzene rings is 1. The molecule has 1 aliphatic rings. The van der Waals surface area contributed by atoms with Crippen molar-refractivity contribution in [3.05, 3.63) is 42.0 Å². The van der Waals surface area contributed by atoms with Crippen molar-refractivity contribution in [1.82, 2.24) is 0 Å². The Bertz CT molecular complexity index is 639. The standard InChI is InChI=1S/C21H30O6/c1-15-17(10-11-20(22)24-5)26-21(2,3)27-18(15)12-13-25-14-16-8-6-7-9-19(16)23-4/h6-11,15,17-18H,12-14H2,1-5H3/b11-10+/t15-,17+,18-/m1/s1. The molecule has 1 aliphatic heterocycles. The molecule has 0 spiro atoms. The number of carbonyl (C=O) groups excluding carboxylic acids is 1. The Morgan fingerprint density at radius 3 is 2.67 bits per heavy atom. The molecule has 6 nitrogen and oxygen atoms in total. The number of carbonyl (C=O) groups is 1. The van der Waals surface area contributed by atoms with Gasteiger partial charge in [0.1, 0.15) is 5.75 Å². The lowest BCUT2D eigenvalue weighted by molar-refractivity contribution is -0.311. The maximum Gasteiger partial charge on any atom is 0.330 e. The smallest absolute Gasteiger partial charge is 0.330 e. The summed E-state index contributed by atoms with van der Waals surface area (Å²) in [6.45, 7) is 6.83. The van der Waals surface area contributed by atoms with Gasteiger partial charge in [0, 0.05) is 24.2 Å². The van der Waals surface area contributed by atoms with Gasteiger partial charge in [-0.25, -0.2) is 4.79 Å². The van der Waals surface area contributed by atoms with Crippen molar-refractivity contribution in [2.24, 2.45) is 5.92 Å². The van der Waals surface area contributed by atoms with Crippen LogP contribution in [0.2, 0.25) is 0 Å². The molecule has 1 aromatic carbocycles. The second-order valence-electron chi connectivity index (χ2n) is 7.03. The fourth-order valence-electron chi connectivity index (χ4n) is 3.13. The molecule has 6 heteroatoms. The van der Waals surface area contributed by atoms with Gasteiger partial charge in [-0.2, -0.15) is 0 Å². The fraction of sp³-hybridized carbons (Fsp3) is 0.571. The molecule has 0 saturated carbocycles. The molecule has 0 bridgehead atoms. The van der Waals surface area contributed by atoms with Gasteiger partial charge >= 0.3 is 5.97 Å². The van der Waals surface area contributed by atoms with Crippen LogP contribution in [0.3, 0.4) is 0 Å². The van der Waals surface area contributed by atoms with Crippen LogP contribution < -0.4 is 4.74 Å². The number of ether oxygens (including phenoxy) is 5. The maximum atomic E-state index is 11.4. The van der Waals surface area contributed by atoms with Crippen LogP contribution in [0.15, 0.2) is 36.4 Å². The molecule has 1 fully saturated rings. The molecule has 0 N–H and O–H groups in total. The van der Waals surface area contributed by atoms with Crippen molar-refractivity contribution in [1.29, 1.82) is 0 Å². The van der Waals surface area contributed by atoms with E-state index in [1.807, 2.05) is 45.0 Å². The summed E-state index contributed by atoms with van der Waals surface area (Å²) >= 11 is 0. The summed E-state index contributed by atoms with van der Waals surface area (Å²) in [4.78, 5) is 11.4. The minimum Gasteiger partial charge on any atom is -0.496 e. The van der Waals surface area contributed by atoms with Gasteiger partial charge in [-0.1, -0.05) is 25.1 Å². The topological polar surface area (TPSA) is 63.2 Å². The van der Waals surface area contributed by atoms with Crippen molar-refractivity contribution in [3.8, 4) is 5.75 Å². The van der Waals surface area contributed by atoms with Gasteiger partial charge in [-0.05, 0) is 32.4 Å². The lowest BCUT2D eigenvalue weighted by atomic mass is 9.93. The Kier molecular flexibility index (Phi) is 7.83. The second-order valence-corrected chi connectivity index (χ2v) is 7.03. The third-order valence-corrected chi connectivity index (χ3v) is 4.58. The minimum atomic E-state index is -0.731. The Morgan fingerprint density at radius 2 is 1.96 bits per heavy atom. The molecule has 0 radical (unpaired) electrons. The van der Waals surface area contributed by atoms with Crippen LogP contribution in [0.4, 0.5) is 0 Å². The first-order chi connectivity index (χ1) is 12.9. The van der Waals surface area contributed by atoms with Gasteiger partial charge in [-0.15, -0.1) is 0 Å². The van der Waals surface area contributed by atoms with Crippen molar-refractivity contribution in [3.63, 3.8) is 0 Å². The van der Waals surface area contributed by atoms with Crippen LogP contribution in [0.25, 0.3) is 0 Å². The predicted octanol–water partition coefficient (Wildman–Crippen LogP) is 3.49. The van der Waals surface area contributed by atoms with Crippen LogP contribution in [-0.2, 0) is 30.3 Å². The number of para-hydroxylation sites is 1. The largest absolute Gasteiger partial charge is 0.496 e. The molecule has 1 saturated heterocycles. The van der Waals surface area contributed by atoms with Crippen LogP contribution >= 0.6 is 0 Å². The Morgan fingerprint density at radius 1 is 1.22 bits per heavy atom. The van der Waals surface area contributed by atoms with E-state index in [1.54, 1.807) is 13.2 Å². The lowest BCUT2D eigenvalue weighted by Crippen LogP contribution is -2.49. The molecule has 1 heterocycles. The highest BCUT2D eigenvalue weighted by Crippen LogP contribution is 2.33. The van der Waals surface area contributed by atoms with E-state index in [4.69, 9.17) is 18.9 Å². The van der Waals surface area contributed by atoms with Crippen molar-refractivity contribution >= 4 is 5.97 Å². The summed E-state index contributed by atoms with van der Waals surface area (Å²) in [5, 5.41) is 0. The highest BCUT2D eigenvalue weighted by atomic mass is 16.7. The second kappa shape index (κ2) is 9.88. The molecule has 1 aromatic rings. The van der Waals surface area contributed by atoms with Crippen LogP contribution in [-0.4, -0.2) is 44.8 Å². The van der Waals surface area contributed by atoms with Crippen LogP contribution in [0, 0.1) is 5.92 Å². The predicted molar refractivity (Wildman–Crippen MR) is 101 cm³/mol. The monoisotopic (exact) mass is 378 g/mol. The zero-order valence-electron chi connectivity index (χ0n) is 16.8. The minimum absolute atomic E-state index is 0.0429. The van der Waals surface area contributed by atoms with E-state index < -0.39 is 11.8 Å².